The number of aromatic amines is 1. The number of fused-ring (bicyclic) bond motifs is 1. The van der Waals surface area contributed by atoms with Gasteiger partial charge in [-0.25, -0.2) is 8.42 Å². The molecule has 0 unspecified atom stereocenters. The van der Waals surface area contributed by atoms with Crippen molar-refractivity contribution in [2.24, 2.45) is 0 Å². The van der Waals surface area contributed by atoms with Crippen LogP contribution in [0.5, 0.6) is 0 Å². The van der Waals surface area contributed by atoms with Crippen molar-refractivity contribution < 1.29 is 8.42 Å². The Morgan fingerprint density at radius 1 is 1.20 bits per heavy atom. The summed E-state index contributed by atoms with van der Waals surface area (Å²) < 4.78 is 27.6. The predicted octanol–water partition coefficient (Wildman–Crippen LogP) is 4.76. The van der Waals surface area contributed by atoms with Gasteiger partial charge in [-0.3, -0.25) is 0 Å². The van der Waals surface area contributed by atoms with Crippen molar-refractivity contribution in [3.05, 3.63) is 52.0 Å². The summed E-state index contributed by atoms with van der Waals surface area (Å²) in [4.78, 5) is 4.30. The number of sulfonamides is 1. The van der Waals surface area contributed by atoms with E-state index >= 15 is 0 Å². The first-order chi connectivity index (χ1) is 11.9. The van der Waals surface area contributed by atoms with E-state index in [9.17, 15) is 8.42 Å². The molecular formula is C18H19ClN2O2S2. The third kappa shape index (κ3) is 3.12. The van der Waals surface area contributed by atoms with E-state index in [1.165, 1.54) is 22.3 Å². The van der Waals surface area contributed by atoms with Crippen LogP contribution in [-0.4, -0.2) is 30.8 Å². The molecule has 0 bridgehead atoms. The molecule has 25 heavy (non-hydrogen) atoms. The van der Waals surface area contributed by atoms with Crippen molar-refractivity contribution in [3.63, 3.8) is 0 Å². The fourth-order valence-corrected chi connectivity index (χ4v) is 6.62. The quantitative estimate of drug-likeness (QED) is 0.696. The van der Waals surface area contributed by atoms with Gasteiger partial charge in [0.05, 0.1) is 0 Å². The van der Waals surface area contributed by atoms with E-state index in [1.54, 1.807) is 10.4 Å². The highest BCUT2D eigenvalue weighted by atomic mass is 35.5. The molecule has 132 valence electrons. The Hall–Kier alpha value is -1.34. The number of piperidine rings is 1. The van der Waals surface area contributed by atoms with E-state index in [2.05, 4.69) is 4.98 Å². The summed E-state index contributed by atoms with van der Waals surface area (Å²) in [6.45, 7) is 3.05. The first-order valence-corrected chi connectivity index (χ1v) is 10.9. The summed E-state index contributed by atoms with van der Waals surface area (Å²) in [5.74, 6) is 0.367. The largest absolute Gasteiger partial charge is 0.361 e. The number of nitrogens with one attached hydrogen (secondary N) is 1. The van der Waals surface area contributed by atoms with Crippen molar-refractivity contribution in [3.8, 4) is 0 Å². The second-order valence-corrected chi connectivity index (χ2v) is 10.4. The smallest absolute Gasteiger partial charge is 0.252 e. The van der Waals surface area contributed by atoms with Crippen LogP contribution in [0.3, 0.4) is 0 Å². The Balaban J connectivity index is 1.53. The number of aryl methyl sites for hydroxylation is 1. The van der Waals surface area contributed by atoms with Crippen LogP contribution >= 0.6 is 22.9 Å². The summed E-state index contributed by atoms with van der Waals surface area (Å²) >= 11 is 7.39. The molecule has 0 spiro atoms. The zero-order valence-corrected chi connectivity index (χ0v) is 16.2. The van der Waals surface area contributed by atoms with Crippen LogP contribution in [0.2, 0.25) is 5.02 Å². The summed E-state index contributed by atoms with van der Waals surface area (Å²) in [7, 11) is -3.35. The Morgan fingerprint density at radius 3 is 2.64 bits per heavy atom. The third-order valence-electron chi connectivity index (χ3n) is 4.88. The van der Waals surface area contributed by atoms with Crippen LogP contribution in [0.15, 0.2) is 40.7 Å². The molecule has 0 aliphatic carbocycles. The number of H-pyrrole nitrogens is 1. The fraction of sp³-hybridized carbons (Fsp3) is 0.333. The summed E-state index contributed by atoms with van der Waals surface area (Å²) in [6.07, 6.45) is 3.71. The fourth-order valence-electron chi connectivity index (χ4n) is 3.54. The molecule has 1 fully saturated rings. The minimum Gasteiger partial charge on any atom is -0.361 e. The number of halogens is 1. The van der Waals surface area contributed by atoms with Crippen LogP contribution < -0.4 is 0 Å². The molecule has 2 aromatic heterocycles. The molecule has 1 aliphatic rings. The maximum Gasteiger partial charge on any atom is 0.252 e. The highest BCUT2D eigenvalue weighted by Crippen LogP contribution is 2.36. The molecule has 0 atom stereocenters. The van der Waals surface area contributed by atoms with Crippen LogP contribution in [0.1, 0.15) is 29.2 Å². The lowest BCUT2D eigenvalue weighted by Crippen LogP contribution is -2.37. The molecule has 3 heterocycles. The molecule has 1 saturated heterocycles. The minimum absolute atomic E-state index is 0.367. The number of thiophene rings is 1. The molecule has 3 aromatic rings. The van der Waals surface area contributed by atoms with Crippen molar-refractivity contribution in [2.45, 2.75) is 29.9 Å². The topological polar surface area (TPSA) is 53.2 Å². The first kappa shape index (κ1) is 17.1. The average molecular weight is 395 g/mol. The number of rotatable bonds is 3. The monoisotopic (exact) mass is 394 g/mol. The molecule has 0 saturated carbocycles. The number of aromatic nitrogens is 1. The third-order valence-corrected chi connectivity index (χ3v) is 8.48. The lowest BCUT2D eigenvalue weighted by atomic mass is 9.90. The van der Waals surface area contributed by atoms with Crippen LogP contribution in [0.25, 0.3) is 10.9 Å². The molecule has 4 rings (SSSR count). The summed E-state index contributed by atoms with van der Waals surface area (Å²) in [5.41, 5.74) is 2.29. The zero-order valence-electron chi connectivity index (χ0n) is 13.8. The van der Waals surface area contributed by atoms with Gasteiger partial charge in [-0.15, -0.1) is 11.3 Å². The Kier molecular flexibility index (Phi) is 4.40. The van der Waals surface area contributed by atoms with Gasteiger partial charge in [0.15, 0.2) is 0 Å². The van der Waals surface area contributed by atoms with Gasteiger partial charge in [-0.05, 0) is 55.5 Å². The molecule has 1 aliphatic heterocycles. The second kappa shape index (κ2) is 6.43. The van der Waals surface area contributed by atoms with E-state index in [-0.39, 0.29) is 0 Å². The molecule has 0 amide bonds. The average Bonchev–Trinajstić information content (AvgIpc) is 3.21. The molecule has 1 aromatic carbocycles. The molecular weight excluding hydrogens is 376 g/mol. The molecule has 1 N–H and O–H groups in total. The maximum absolute atomic E-state index is 12.8. The van der Waals surface area contributed by atoms with Gasteiger partial charge in [0.2, 0.25) is 0 Å². The highest BCUT2D eigenvalue weighted by molar-refractivity contribution is 7.91. The van der Waals surface area contributed by atoms with Gasteiger partial charge >= 0.3 is 0 Å². The second-order valence-electron chi connectivity index (χ2n) is 6.48. The Morgan fingerprint density at radius 2 is 1.96 bits per heavy atom. The van der Waals surface area contributed by atoms with Gasteiger partial charge in [0.25, 0.3) is 10.0 Å². The molecule has 0 radical (unpaired) electrons. The van der Waals surface area contributed by atoms with Crippen molar-refractivity contribution in [1.82, 2.24) is 9.29 Å². The zero-order chi connectivity index (χ0) is 17.6. The lowest BCUT2D eigenvalue weighted by molar-refractivity contribution is 0.321. The number of hydrogen-bond donors (Lipinski definition) is 1. The normalized spacial score (nSPS) is 17.4. The maximum atomic E-state index is 12.8. The number of nitrogens with zero attached hydrogens (tertiary/aromatic N) is 1. The number of benzene rings is 1. The van der Waals surface area contributed by atoms with Gasteiger partial charge < -0.3 is 4.98 Å². The Labute approximate surface area is 156 Å². The van der Waals surface area contributed by atoms with E-state index in [0.29, 0.717) is 28.2 Å². The SMILES string of the molecule is Cc1ccc(S(=O)(=O)N2CCC(c3c[nH]c4cc(Cl)ccc34)CC2)s1. The van der Waals surface area contributed by atoms with Gasteiger partial charge in [0, 0.05) is 40.1 Å². The standard InChI is InChI=1S/C18H19ClN2O2S2/c1-12-2-5-18(24-12)25(22,23)21-8-6-13(7-9-21)16-11-20-17-10-14(19)3-4-15(16)17/h2-5,10-11,13,20H,6-9H2,1H3. The van der Waals surface area contributed by atoms with Crippen molar-refractivity contribution >= 4 is 43.9 Å². The van der Waals surface area contributed by atoms with E-state index in [1.807, 2.05) is 37.4 Å². The predicted molar refractivity (Wildman–Crippen MR) is 103 cm³/mol. The minimum atomic E-state index is -3.35. The summed E-state index contributed by atoms with van der Waals surface area (Å²) in [5, 5.41) is 1.90. The lowest BCUT2D eigenvalue weighted by Gasteiger charge is -2.30. The highest BCUT2D eigenvalue weighted by Gasteiger charge is 2.31. The van der Waals surface area contributed by atoms with Gasteiger partial charge in [-0.1, -0.05) is 17.7 Å². The van der Waals surface area contributed by atoms with Crippen molar-refractivity contribution in [2.75, 3.05) is 13.1 Å². The van der Waals surface area contributed by atoms with Gasteiger partial charge in [-0.2, -0.15) is 4.31 Å². The molecule has 4 nitrogen and oxygen atoms in total. The van der Waals surface area contributed by atoms with E-state index in [4.69, 9.17) is 11.6 Å². The van der Waals surface area contributed by atoms with Crippen LogP contribution in [-0.2, 0) is 10.0 Å². The summed E-state index contributed by atoms with van der Waals surface area (Å²) in [6, 6.07) is 9.45. The Bertz CT molecular complexity index is 1010. The van der Waals surface area contributed by atoms with Gasteiger partial charge in [0.1, 0.15) is 4.21 Å². The number of hydrogen-bond acceptors (Lipinski definition) is 3. The van der Waals surface area contributed by atoms with E-state index < -0.39 is 10.0 Å². The van der Waals surface area contributed by atoms with Crippen LogP contribution in [0.4, 0.5) is 0 Å². The molecule has 7 heteroatoms. The van der Waals surface area contributed by atoms with Crippen molar-refractivity contribution in [1.29, 1.82) is 0 Å². The van der Waals surface area contributed by atoms with Crippen LogP contribution in [0, 0.1) is 6.92 Å². The van der Waals surface area contributed by atoms with E-state index in [0.717, 1.165) is 23.2 Å². The first-order valence-electron chi connectivity index (χ1n) is 8.28.